The number of carboxylic acids is 3. The molecular formula is C43H32F5N7O6RuS2. The molecule has 0 saturated carbocycles. The first-order valence-corrected chi connectivity index (χ1v) is 19.5. The second-order valence-electron chi connectivity index (χ2n) is 12.9. The molecule has 1 aromatic carbocycles. The Labute approximate surface area is 383 Å². The Morgan fingerprint density at radius 3 is 1.72 bits per heavy atom. The molecule has 5 aromatic heterocycles. The smallest absolute Gasteiger partial charge is 0.697 e. The van der Waals surface area contributed by atoms with Gasteiger partial charge in [-0.25, -0.2) is 46.6 Å². The summed E-state index contributed by atoms with van der Waals surface area (Å²) in [6.07, 6.45) is 10.5. The summed E-state index contributed by atoms with van der Waals surface area (Å²) < 4.78 is 67.8. The molecule has 0 aliphatic rings. The molecule has 0 fully saturated rings. The van der Waals surface area contributed by atoms with Crippen LogP contribution in [0.3, 0.4) is 0 Å². The van der Waals surface area contributed by atoms with Crippen LogP contribution in [0.4, 0.5) is 22.0 Å². The van der Waals surface area contributed by atoms with Gasteiger partial charge in [-0.15, -0.1) is 17.0 Å². The third kappa shape index (κ3) is 13.3. The van der Waals surface area contributed by atoms with Gasteiger partial charge in [-0.3, -0.25) is 15.0 Å². The first-order chi connectivity index (χ1) is 30.0. The minimum absolute atomic E-state index is 0. The Bertz CT molecular complexity index is 2650. The summed E-state index contributed by atoms with van der Waals surface area (Å²) in [6.45, 7) is 2.17. The first-order valence-electron chi connectivity index (χ1n) is 18.3. The fourth-order valence-electron chi connectivity index (χ4n) is 5.55. The van der Waals surface area contributed by atoms with Crippen molar-refractivity contribution in [2.75, 3.05) is 0 Å². The Morgan fingerprint density at radius 2 is 1.25 bits per heavy atom. The fourth-order valence-corrected chi connectivity index (χ4v) is 6.59. The summed E-state index contributed by atoms with van der Waals surface area (Å²) in [4.78, 5) is 52.5. The molecule has 21 heteroatoms. The molecule has 5 N–H and O–H groups in total. The third-order valence-corrected chi connectivity index (χ3v) is 9.84. The van der Waals surface area contributed by atoms with Gasteiger partial charge in [0.05, 0.1) is 50.7 Å². The number of benzene rings is 1. The zero-order chi connectivity index (χ0) is 46.4. The average molecular weight is 1000 g/mol. The number of nitrogens with one attached hydrogen (secondary N) is 2. The number of thiocyanates is 1. The number of allylic oxidation sites excluding steroid dienone is 1. The maximum atomic E-state index is 13.9. The molecule has 6 rings (SSSR count). The maximum Gasteiger partial charge on any atom is 2.00 e. The largest absolute Gasteiger partial charge is 2.00 e. The summed E-state index contributed by atoms with van der Waals surface area (Å²) in [6, 6.07) is 14.9. The van der Waals surface area contributed by atoms with Gasteiger partial charge >= 0.3 is 37.4 Å². The third-order valence-electron chi connectivity index (χ3n) is 8.64. The number of aromatic nitrogens is 4. The van der Waals surface area contributed by atoms with E-state index in [2.05, 4.69) is 45.6 Å². The first kappa shape index (κ1) is 51.5. The number of carbonyl (C=O) groups is 3. The zero-order valence-electron chi connectivity index (χ0n) is 33.0. The molecule has 330 valence electrons. The van der Waals surface area contributed by atoms with Crippen LogP contribution in [0.5, 0.6) is 0 Å². The molecule has 0 bridgehead atoms. The monoisotopic (exact) mass is 1000 g/mol. The number of hydrogen-bond acceptors (Lipinski definition) is 11. The number of thiophene rings is 1. The standard InChI is InChI=1S/C24H21F5N3S.C18H11N3O6.CHNS.Ru/c1-2-3-4-5-6-14-8-10-18(33-14)13-7-9-17(32-12-13)15(30)11-16(31)19-20(25)22(27)24(29)23(28)21(19)26;22-16(23)9-1-3-19-12(5-9)14-7-11(18(26)27)8-15(21-14)13-6-10(17(24)25)2-4-20-13;2-1-3;/h7-12,30-31H,2-6H2,1H3;1-8H,(H,22,23)(H,24,25)(H,26,27);3H;/q-1;;;+2/p-1/b15-11-,31-16?;;;. The number of hydrogen-bond donors (Lipinski definition) is 4. The van der Waals surface area contributed by atoms with E-state index in [4.69, 9.17) is 26.6 Å². The molecule has 0 saturated heterocycles. The van der Waals surface area contributed by atoms with Crippen LogP contribution in [0.2, 0.25) is 0 Å². The molecule has 0 aliphatic carbocycles. The molecule has 0 aliphatic heterocycles. The SMILES string of the molecule is CCCCCCc1ccc(-c2ccc(/C([NH-])=C/C(=N)c3c(F)c(F)c(F)c(F)c3F)nc2)s1.N#C[S-].O=C(O)c1ccnc(-c2cc(C(=O)O)cc(-c3cc(C(=O)O)ccn3)n2)c1.[Ru+2]. The number of aryl methyl sites for hydroxylation is 1. The van der Waals surface area contributed by atoms with Crippen molar-refractivity contribution in [3.05, 3.63) is 153 Å². The molecule has 5 heterocycles. The molecule has 13 nitrogen and oxygen atoms in total. The Balaban J connectivity index is 0.000000321. The van der Waals surface area contributed by atoms with E-state index in [1.54, 1.807) is 17.4 Å². The predicted molar refractivity (Wildman–Crippen MR) is 225 cm³/mol. The van der Waals surface area contributed by atoms with Crippen molar-refractivity contribution in [3.63, 3.8) is 0 Å². The zero-order valence-corrected chi connectivity index (χ0v) is 36.4. The van der Waals surface area contributed by atoms with Gasteiger partial charge in [-0.1, -0.05) is 31.6 Å². The van der Waals surface area contributed by atoms with Gasteiger partial charge < -0.3 is 39.1 Å². The van der Waals surface area contributed by atoms with E-state index in [9.17, 15) is 41.4 Å². The molecule has 0 amide bonds. The van der Waals surface area contributed by atoms with Gasteiger partial charge in [0.1, 0.15) is 0 Å². The number of nitriles is 1. The van der Waals surface area contributed by atoms with Crippen LogP contribution < -0.4 is 0 Å². The number of carboxylic acid groups (broad SMARTS) is 3. The molecule has 0 radical (unpaired) electrons. The van der Waals surface area contributed by atoms with Crippen LogP contribution in [0.1, 0.15) is 79.8 Å². The second kappa shape index (κ2) is 24.1. The number of rotatable bonds is 14. The van der Waals surface area contributed by atoms with Gasteiger partial charge in [0.15, 0.2) is 23.3 Å². The fraction of sp³-hybridized carbons (Fsp3) is 0.140. The van der Waals surface area contributed by atoms with Crippen molar-refractivity contribution in [2.24, 2.45) is 0 Å². The van der Waals surface area contributed by atoms with Crippen LogP contribution in [0, 0.1) is 45.2 Å². The summed E-state index contributed by atoms with van der Waals surface area (Å²) in [5.74, 6) is -14.4. The molecule has 0 spiro atoms. The summed E-state index contributed by atoms with van der Waals surface area (Å²) in [5, 5.41) is 43.8. The van der Waals surface area contributed by atoms with Crippen LogP contribution in [-0.4, -0.2) is 58.9 Å². The van der Waals surface area contributed by atoms with Crippen LogP contribution in [-0.2, 0) is 38.5 Å². The molecule has 0 atom stereocenters. The van der Waals surface area contributed by atoms with E-state index in [-0.39, 0.29) is 64.6 Å². The summed E-state index contributed by atoms with van der Waals surface area (Å²) in [5.41, 5.74) is 6.49. The number of nitrogens with zero attached hydrogens (tertiary/aromatic N) is 5. The number of halogens is 5. The quantitative estimate of drug-likeness (QED) is 0.0117. The maximum absolute atomic E-state index is 13.9. The Kier molecular flexibility index (Phi) is 19.4. The topological polar surface area (TPSA) is 235 Å². The molecule has 64 heavy (non-hydrogen) atoms. The number of pyridine rings is 4. The second-order valence-corrected chi connectivity index (χ2v) is 14.3. The normalized spacial score (nSPS) is 10.5. The van der Waals surface area contributed by atoms with Gasteiger partial charge in [0.25, 0.3) is 0 Å². The van der Waals surface area contributed by atoms with Gasteiger partial charge in [-0.05, 0) is 79.6 Å². The molecule has 6 aromatic rings. The molecular weight excluding hydrogens is 971 g/mol. The Hall–Kier alpha value is -6.88. The minimum atomic E-state index is -2.30. The summed E-state index contributed by atoms with van der Waals surface area (Å²) >= 11 is 5.35. The van der Waals surface area contributed by atoms with Crippen molar-refractivity contribution in [1.29, 1.82) is 10.7 Å². The van der Waals surface area contributed by atoms with Gasteiger partial charge in [0.2, 0.25) is 5.82 Å². The minimum Gasteiger partial charge on any atom is -0.697 e. The summed E-state index contributed by atoms with van der Waals surface area (Å²) in [7, 11) is 0. The van der Waals surface area contributed by atoms with Crippen molar-refractivity contribution in [2.45, 2.75) is 39.0 Å². The van der Waals surface area contributed by atoms with E-state index in [0.29, 0.717) is 6.08 Å². The van der Waals surface area contributed by atoms with E-state index < -0.39 is 64.0 Å². The van der Waals surface area contributed by atoms with Crippen molar-refractivity contribution < 1.29 is 71.1 Å². The van der Waals surface area contributed by atoms with Gasteiger partial charge in [-0.2, -0.15) is 0 Å². The Morgan fingerprint density at radius 1 is 0.750 bits per heavy atom. The van der Waals surface area contributed by atoms with E-state index in [0.717, 1.165) is 23.3 Å². The van der Waals surface area contributed by atoms with Crippen LogP contribution >= 0.6 is 11.3 Å². The average Bonchev–Trinajstić information content (AvgIpc) is 3.76. The number of unbranched alkanes of at least 4 members (excludes halogenated alkanes) is 3. The number of aromatic carboxylic acids is 3. The van der Waals surface area contributed by atoms with Crippen molar-refractivity contribution in [1.82, 2.24) is 19.9 Å². The van der Waals surface area contributed by atoms with Crippen LogP contribution in [0.15, 0.2) is 85.3 Å². The van der Waals surface area contributed by atoms with E-state index in [1.807, 2.05) is 6.07 Å². The van der Waals surface area contributed by atoms with Gasteiger partial charge in [0, 0.05) is 39.6 Å². The van der Waals surface area contributed by atoms with Crippen molar-refractivity contribution in [3.8, 4) is 38.6 Å². The predicted octanol–water partition coefficient (Wildman–Crippen LogP) is 10.4. The van der Waals surface area contributed by atoms with E-state index in [1.165, 1.54) is 90.6 Å². The van der Waals surface area contributed by atoms with Crippen LogP contribution in [0.25, 0.3) is 44.6 Å². The van der Waals surface area contributed by atoms with Crippen molar-refractivity contribution >= 4 is 53.3 Å². The van der Waals surface area contributed by atoms with E-state index >= 15 is 0 Å². The molecule has 0 unspecified atom stereocenters.